The van der Waals surface area contributed by atoms with E-state index >= 15 is 0 Å². The van der Waals surface area contributed by atoms with Gasteiger partial charge in [-0.25, -0.2) is 0 Å². The van der Waals surface area contributed by atoms with Gasteiger partial charge in [0, 0.05) is 22.6 Å². The van der Waals surface area contributed by atoms with Gasteiger partial charge in [-0.05, 0) is 37.8 Å². The van der Waals surface area contributed by atoms with Crippen molar-refractivity contribution in [3.8, 4) is 6.07 Å². The molecule has 2 saturated heterocycles. The van der Waals surface area contributed by atoms with Crippen LogP contribution in [0.25, 0.3) is 0 Å². The van der Waals surface area contributed by atoms with E-state index in [0.29, 0.717) is 21.8 Å². The number of hydrogen-bond acceptors (Lipinski definition) is 4. The van der Waals surface area contributed by atoms with Gasteiger partial charge >= 0.3 is 0 Å². The number of Topliss-reactive ketones (excluding diaryl/α,β-unsaturated/α-hetero) is 1. The van der Waals surface area contributed by atoms with Crippen LogP contribution in [0.4, 0.5) is 0 Å². The molecular weight excluding hydrogens is 256 g/mol. The standard InChI is InChI=1S/C15H16N2OS/c16-9-10-4-5-17-14(6-10)15(18)11-7-12-2-1-3-13(8-11)19-12/h4-6,11-13H,1-3,7-8H2. The van der Waals surface area contributed by atoms with E-state index in [1.807, 2.05) is 0 Å². The molecule has 3 nitrogen and oxygen atoms in total. The fourth-order valence-corrected chi connectivity index (χ4v) is 4.95. The topological polar surface area (TPSA) is 53.8 Å². The molecule has 4 heteroatoms. The van der Waals surface area contributed by atoms with Gasteiger partial charge in [0.05, 0.1) is 11.6 Å². The van der Waals surface area contributed by atoms with Crippen LogP contribution in [0.1, 0.15) is 48.2 Å². The van der Waals surface area contributed by atoms with Crippen molar-refractivity contribution in [2.24, 2.45) is 5.92 Å². The molecule has 1 aromatic heterocycles. The summed E-state index contributed by atoms with van der Waals surface area (Å²) in [6.45, 7) is 0. The first-order chi connectivity index (χ1) is 9.26. The fourth-order valence-electron chi connectivity index (χ4n) is 3.12. The minimum absolute atomic E-state index is 0.109. The number of carbonyl (C=O) groups is 1. The Morgan fingerprint density at radius 2 is 2.11 bits per heavy atom. The predicted octanol–water partition coefficient (Wildman–Crippen LogP) is 3.20. The number of rotatable bonds is 2. The third kappa shape index (κ3) is 2.66. The fraction of sp³-hybridized carbons (Fsp3) is 0.533. The van der Waals surface area contributed by atoms with Gasteiger partial charge in [-0.2, -0.15) is 17.0 Å². The highest BCUT2D eigenvalue weighted by Gasteiger charge is 2.36. The first-order valence-electron chi connectivity index (χ1n) is 6.82. The molecule has 0 saturated carbocycles. The predicted molar refractivity (Wildman–Crippen MR) is 75.0 cm³/mol. The van der Waals surface area contributed by atoms with Crippen molar-refractivity contribution < 1.29 is 4.79 Å². The monoisotopic (exact) mass is 272 g/mol. The van der Waals surface area contributed by atoms with Gasteiger partial charge in [-0.1, -0.05) is 6.42 Å². The molecule has 0 aromatic carbocycles. The summed E-state index contributed by atoms with van der Waals surface area (Å²) in [4.78, 5) is 16.7. The normalized spacial score (nSPS) is 29.5. The van der Waals surface area contributed by atoms with E-state index in [1.54, 1.807) is 18.3 Å². The Hall–Kier alpha value is -1.34. The second-order valence-corrected chi connectivity index (χ2v) is 6.99. The SMILES string of the molecule is N#Cc1ccnc(C(=O)C2CC3CCCC(C2)S3)c1. The summed E-state index contributed by atoms with van der Waals surface area (Å²) in [5.41, 5.74) is 0.984. The second-order valence-electron chi connectivity index (χ2n) is 5.39. The number of hydrogen-bond donors (Lipinski definition) is 0. The molecule has 19 heavy (non-hydrogen) atoms. The van der Waals surface area contributed by atoms with Crippen molar-refractivity contribution in [2.75, 3.05) is 0 Å². The average molecular weight is 272 g/mol. The third-order valence-corrected chi connectivity index (χ3v) is 5.67. The van der Waals surface area contributed by atoms with Gasteiger partial charge in [0.2, 0.25) is 0 Å². The quantitative estimate of drug-likeness (QED) is 0.776. The molecular formula is C15H16N2OS. The Balaban J connectivity index is 1.78. The van der Waals surface area contributed by atoms with Gasteiger partial charge in [0.1, 0.15) is 5.69 Å². The van der Waals surface area contributed by atoms with Gasteiger partial charge in [0.25, 0.3) is 0 Å². The van der Waals surface area contributed by atoms with Crippen molar-refractivity contribution in [3.63, 3.8) is 0 Å². The molecule has 0 aliphatic carbocycles. The molecule has 0 N–H and O–H groups in total. The molecule has 2 unspecified atom stereocenters. The Labute approximate surface area is 117 Å². The molecule has 2 aliphatic heterocycles. The van der Waals surface area contributed by atoms with Crippen LogP contribution in [0.2, 0.25) is 0 Å². The van der Waals surface area contributed by atoms with E-state index in [-0.39, 0.29) is 11.7 Å². The lowest BCUT2D eigenvalue weighted by Gasteiger charge is -2.37. The first-order valence-corrected chi connectivity index (χ1v) is 7.76. The van der Waals surface area contributed by atoms with E-state index in [2.05, 4.69) is 22.8 Å². The third-order valence-electron chi connectivity index (χ3n) is 4.04. The minimum atomic E-state index is 0.109. The summed E-state index contributed by atoms with van der Waals surface area (Å²) in [5, 5.41) is 10.2. The van der Waals surface area contributed by atoms with Crippen molar-refractivity contribution >= 4 is 17.5 Å². The summed E-state index contributed by atoms with van der Waals surface area (Å²) in [5.74, 6) is 0.243. The number of fused-ring (bicyclic) bond motifs is 2. The number of nitriles is 1. The van der Waals surface area contributed by atoms with Crippen LogP contribution in [0, 0.1) is 17.2 Å². The van der Waals surface area contributed by atoms with E-state index in [9.17, 15) is 4.79 Å². The van der Waals surface area contributed by atoms with Crippen molar-refractivity contribution in [2.45, 2.75) is 42.6 Å². The van der Waals surface area contributed by atoms with Crippen LogP contribution in [-0.2, 0) is 0 Å². The Kier molecular flexibility index (Phi) is 3.56. The highest BCUT2D eigenvalue weighted by molar-refractivity contribution is 8.00. The minimum Gasteiger partial charge on any atom is -0.292 e. The largest absolute Gasteiger partial charge is 0.292 e. The highest BCUT2D eigenvalue weighted by atomic mass is 32.2. The van der Waals surface area contributed by atoms with E-state index in [0.717, 1.165) is 12.8 Å². The zero-order valence-electron chi connectivity index (χ0n) is 10.7. The van der Waals surface area contributed by atoms with Crippen LogP contribution >= 0.6 is 11.8 Å². The molecule has 98 valence electrons. The first kappa shape index (κ1) is 12.7. The second kappa shape index (κ2) is 5.34. The molecule has 2 aliphatic rings. The molecule has 1 aromatic rings. The molecule has 3 heterocycles. The lowest BCUT2D eigenvalue weighted by Crippen LogP contribution is -2.33. The van der Waals surface area contributed by atoms with Gasteiger partial charge in [0.15, 0.2) is 5.78 Å². The summed E-state index contributed by atoms with van der Waals surface area (Å²) >= 11 is 2.07. The Morgan fingerprint density at radius 3 is 2.79 bits per heavy atom. The Bertz CT molecular complexity index is 525. The molecule has 2 fully saturated rings. The number of pyridine rings is 1. The summed E-state index contributed by atoms with van der Waals surface area (Å²) < 4.78 is 0. The smallest absolute Gasteiger partial charge is 0.184 e. The van der Waals surface area contributed by atoms with Gasteiger partial charge in [-0.15, -0.1) is 0 Å². The lowest BCUT2D eigenvalue weighted by atomic mass is 9.85. The van der Waals surface area contributed by atoms with Crippen molar-refractivity contribution in [1.82, 2.24) is 4.98 Å². The summed E-state index contributed by atoms with van der Waals surface area (Å²) in [6.07, 6.45) is 7.33. The number of carbonyl (C=O) groups excluding carboxylic acids is 1. The maximum atomic E-state index is 12.5. The van der Waals surface area contributed by atoms with Gasteiger partial charge in [-0.3, -0.25) is 9.78 Å². The highest BCUT2D eigenvalue weighted by Crippen LogP contribution is 2.44. The maximum Gasteiger partial charge on any atom is 0.184 e. The number of thioether (sulfide) groups is 1. The van der Waals surface area contributed by atoms with Crippen LogP contribution in [0.5, 0.6) is 0 Å². The van der Waals surface area contributed by atoms with Crippen LogP contribution in [0.3, 0.4) is 0 Å². The lowest BCUT2D eigenvalue weighted by molar-refractivity contribution is 0.0891. The van der Waals surface area contributed by atoms with E-state index in [4.69, 9.17) is 5.26 Å². The number of ketones is 1. The van der Waals surface area contributed by atoms with Gasteiger partial charge < -0.3 is 0 Å². The van der Waals surface area contributed by atoms with Crippen LogP contribution < -0.4 is 0 Å². The zero-order chi connectivity index (χ0) is 13.2. The van der Waals surface area contributed by atoms with E-state index in [1.165, 1.54) is 19.3 Å². The Morgan fingerprint density at radius 1 is 1.37 bits per heavy atom. The molecule has 0 radical (unpaired) electrons. The number of nitrogens with zero attached hydrogens (tertiary/aromatic N) is 2. The van der Waals surface area contributed by atoms with Crippen LogP contribution in [-0.4, -0.2) is 21.3 Å². The molecule has 3 rings (SSSR count). The molecule has 0 spiro atoms. The molecule has 2 bridgehead atoms. The average Bonchev–Trinajstić information content (AvgIpc) is 2.46. The zero-order valence-corrected chi connectivity index (χ0v) is 11.5. The maximum absolute atomic E-state index is 12.5. The summed E-state index contributed by atoms with van der Waals surface area (Å²) in [6, 6.07) is 5.33. The van der Waals surface area contributed by atoms with E-state index < -0.39 is 0 Å². The summed E-state index contributed by atoms with van der Waals surface area (Å²) in [7, 11) is 0. The van der Waals surface area contributed by atoms with Crippen molar-refractivity contribution in [1.29, 1.82) is 5.26 Å². The molecule has 2 atom stereocenters. The number of aromatic nitrogens is 1. The van der Waals surface area contributed by atoms with Crippen molar-refractivity contribution in [3.05, 3.63) is 29.6 Å². The molecule has 0 amide bonds. The van der Waals surface area contributed by atoms with Crippen LogP contribution in [0.15, 0.2) is 18.3 Å².